The van der Waals surface area contributed by atoms with Crippen molar-refractivity contribution < 1.29 is 9.59 Å². The van der Waals surface area contributed by atoms with Gasteiger partial charge in [0.2, 0.25) is 5.91 Å². The lowest BCUT2D eigenvalue weighted by Crippen LogP contribution is -2.43. The average molecular weight is 449 g/mol. The fourth-order valence-corrected chi connectivity index (χ4v) is 5.72. The zero-order valence-electron chi connectivity index (χ0n) is 18.5. The molecule has 2 aliphatic rings. The van der Waals surface area contributed by atoms with E-state index in [1.165, 1.54) is 0 Å². The number of rotatable bonds is 5. The van der Waals surface area contributed by atoms with Gasteiger partial charge in [-0.1, -0.05) is 30.3 Å². The molecule has 0 aliphatic carbocycles. The number of fused-ring (bicyclic) bond motifs is 3. The Kier molecular flexibility index (Phi) is 5.59. The predicted molar refractivity (Wildman–Crippen MR) is 126 cm³/mol. The van der Waals surface area contributed by atoms with E-state index in [-0.39, 0.29) is 29.9 Å². The van der Waals surface area contributed by atoms with Crippen LogP contribution in [0.5, 0.6) is 0 Å². The van der Waals surface area contributed by atoms with Gasteiger partial charge in [-0.2, -0.15) is 11.3 Å². The number of hydrogen-bond donors (Lipinski definition) is 1. The average Bonchev–Trinajstić information content (AvgIpc) is 3.46. The molecule has 2 atom stereocenters. The molecule has 2 amide bonds. The smallest absolute Gasteiger partial charge is 0.271 e. The van der Waals surface area contributed by atoms with Gasteiger partial charge in [0.05, 0.1) is 18.2 Å². The van der Waals surface area contributed by atoms with Gasteiger partial charge in [-0.25, -0.2) is 4.98 Å². The number of carbonyl (C=O) groups excluding carboxylic acids is 2. The molecular formula is C25H28N4O2S. The van der Waals surface area contributed by atoms with Gasteiger partial charge < -0.3 is 14.8 Å². The minimum Gasteiger partial charge on any atom is -0.348 e. The largest absolute Gasteiger partial charge is 0.348 e. The Labute approximate surface area is 192 Å². The van der Waals surface area contributed by atoms with E-state index in [4.69, 9.17) is 4.98 Å². The summed E-state index contributed by atoms with van der Waals surface area (Å²) >= 11 is 1.62. The third kappa shape index (κ3) is 3.86. The normalized spacial score (nSPS) is 19.7. The number of nitrogens with zero attached hydrogens (tertiary/aromatic N) is 3. The molecule has 1 N–H and O–H groups in total. The van der Waals surface area contributed by atoms with Gasteiger partial charge in [-0.15, -0.1) is 0 Å². The fraction of sp³-hybridized carbons (Fsp3) is 0.400. The first-order chi connectivity index (χ1) is 15.5. The molecule has 6 nitrogen and oxygen atoms in total. The van der Waals surface area contributed by atoms with Crippen LogP contribution in [-0.4, -0.2) is 44.4 Å². The maximum atomic E-state index is 13.3. The SMILES string of the molecule is CC(C)NC(=O)c1nc(-c2ccccc2)n2c1C[C@@H]1CC[C@H](C2)N1C(=O)Cc1ccsc1. The first-order valence-electron chi connectivity index (χ1n) is 11.3. The van der Waals surface area contributed by atoms with Crippen molar-refractivity contribution in [3.8, 4) is 11.4 Å². The van der Waals surface area contributed by atoms with E-state index in [1.807, 2.05) is 61.0 Å². The molecular weight excluding hydrogens is 420 g/mol. The van der Waals surface area contributed by atoms with E-state index in [0.717, 1.165) is 35.5 Å². The molecule has 2 aromatic heterocycles. The number of imidazole rings is 1. The number of thiophene rings is 1. The predicted octanol–water partition coefficient (Wildman–Crippen LogP) is 3.91. The number of hydrogen-bond acceptors (Lipinski definition) is 4. The maximum absolute atomic E-state index is 13.3. The highest BCUT2D eigenvalue weighted by atomic mass is 32.1. The minimum atomic E-state index is -0.139. The van der Waals surface area contributed by atoms with Crippen molar-refractivity contribution in [1.82, 2.24) is 19.8 Å². The molecule has 32 heavy (non-hydrogen) atoms. The van der Waals surface area contributed by atoms with E-state index >= 15 is 0 Å². The summed E-state index contributed by atoms with van der Waals surface area (Å²) in [4.78, 5) is 33.3. The Morgan fingerprint density at radius 3 is 2.66 bits per heavy atom. The topological polar surface area (TPSA) is 67.2 Å². The number of aromatic nitrogens is 2. The fourth-order valence-electron chi connectivity index (χ4n) is 5.05. The van der Waals surface area contributed by atoms with Gasteiger partial charge in [0.1, 0.15) is 11.5 Å². The molecule has 4 heterocycles. The molecule has 2 bridgehead atoms. The van der Waals surface area contributed by atoms with Crippen LogP contribution in [0.15, 0.2) is 47.2 Å². The van der Waals surface area contributed by atoms with Crippen molar-refractivity contribution in [2.24, 2.45) is 0 Å². The van der Waals surface area contributed by atoms with Crippen LogP contribution in [0.3, 0.4) is 0 Å². The molecule has 5 rings (SSSR count). The van der Waals surface area contributed by atoms with Crippen LogP contribution in [0.1, 0.15) is 48.4 Å². The zero-order valence-corrected chi connectivity index (χ0v) is 19.3. The Morgan fingerprint density at radius 2 is 1.94 bits per heavy atom. The third-order valence-corrected chi connectivity index (χ3v) is 7.14. The van der Waals surface area contributed by atoms with Crippen molar-refractivity contribution in [2.75, 3.05) is 0 Å². The van der Waals surface area contributed by atoms with Gasteiger partial charge in [0.25, 0.3) is 5.91 Å². The molecule has 1 fully saturated rings. The first-order valence-corrected chi connectivity index (χ1v) is 12.2. The Hall–Kier alpha value is -2.93. The molecule has 2 aliphatic heterocycles. The lowest BCUT2D eigenvalue weighted by Gasteiger charge is -2.28. The second kappa shape index (κ2) is 8.54. The van der Waals surface area contributed by atoms with E-state index in [0.29, 0.717) is 25.1 Å². The molecule has 166 valence electrons. The van der Waals surface area contributed by atoms with Crippen LogP contribution in [-0.2, 0) is 24.2 Å². The number of amides is 2. The Morgan fingerprint density at radius 1 is 1.16 bits per heavy atom. The lowest BCUT2D eigenvalue weighted by molar-refractivity contribution is -0.133. The summed E-state index contributed by atoms with van der Waals surface area (Å²) in [6.07, 6.45) is 3.05. The molecule has 3 aromatic rings. The summed E-state index contributed by atoms with van der Waals surface area (Å²) in [7, 11) is 0. The van der Waals surface area contributed by atoms with Crippen molar-refractivity contribution in [1.29, 1.82) is 0 Å². The highest BCUT2D eigenvalue weighted by Crippen LogP contribution is 2.36. The summed E-state index contributed by atoms with van der Waals surface area (Å²) in [5.41, 5.74) is 3.51. The van der Waals surface area contributed by atoms with E-state index < -0.39 is 0 Å². The van der Waals surface area contributed by atoms with Crippen LogP contribution in [0.25, 0.3) is 11.4 Å². The zero-order chi connectivity index (χ0) is 22.2. The standard InChI is InChI=1S/C25H28N4O2S/c1-16(2)26-25(31)23-21-13-19-8-9-20(29(19)22(30)12-17-10-11-32-15-17)14-28(21)24(27-23)18-6-4-3-5-7-18/h3-7,10-11,15-16,19-20H,8-9,12-14H2,1-2H3,(H,26,31)/t19-,20+/m0/s1. The van der Waals surface area contributed by atoms with Crippen molar-refractivity contribution in [3.05, 3.63) is 64.1 Å². The van der Waals surface area contributed by atoms with Gasteiger partial charge in [0, 0.05) is 30.6 Å². The van der Waals surface area contributed by atoms with E-state index in [2.05, 4.69) is 14.8 Å². The van der Waals surface area contributed by atoms with Gasteiger partial charge >= 0.3 is 0 Å². The molecule has 1 aromatic carbocycles. The second-order valence-corrected chi connectivity index (χ2v) is 9.81. The van der Waals surface area contributed by atoms with Gasteiger partial charge in [0.15, 0.2) is 0 Å². The van der Waals surface area contributed by atoms with E-state index in [1.54, 1.807) is 11.3 Å². The lowest BCUT2D eigenvalue weighted by atomic mass is 10.0. The molecule has 1 saturated heterocycles. The van der Waals surface area contributed by atoms with Crippen LogP contribution in [0, 0.1) is 0 Å². The summed E-state index contributed by atoms with van der Waals surface area (Å²) < 4.78 is 2.19. The molecule has 7 heteroatoms. The van der Waals surface area contributed by atoms with Gasteiger partial charge in [-0.3, -0.25) is 9.59 Å². The number of carbonyl (C=O) groups is 2. The maximum Gasteiger partial charge on any atom is 0.271 e. The third-order valence-electron chi connectivity index (χ3n) is 6.41. The van der Waals surface area contributed by atoms with Crippen LogP contribution >= 0.6 is 11.3 Å². The summed E-state index contributed by atoms with van der Waals surface area (Å²) in [5.74, 6) is 0.858. The van der Waals surface area contributed by atoms with Crippen molar-refractivity contribution >= 4 is 23.2 Å². The van der Waals surface area contributed by atoms with Crippen LogP contribution in [0.4, 0.5) is 0 Å². The molecule has 0 saturated carbocycles. The summed E-state index contributed by atoms with van der Waals surface area (Å²) in [6.45, 7) is 4.59. The minimum absolute atomic E-state index is 0.0333. The van der Waals surface area contributed by atoms with Crippen LogP contribution in [0.2, 0.25) is 0 Å². The van der Waals surface area contributed by atoms with Gasteiger partial charge in [-0.05, 0) is 49.1 Å². The Balaban J connectivity index is 1.52. The highest BCUT2D eigenvalue weighted by molar-refractivity contribution is 7.08. The molecule has 0 unspecified atom stereocenters. The van der Waals surface area contributed by atoms with E-state index in [9.17, 15) is 9.59 Å². The van der Waals surface area contributed by atoms with Crippen LogP contribution < -0.4 is 5.32 Å². The second-order valence-electron chi connectivity index (χ2n) is 9.03. The first kappa shape index (κ1) is 20.9. The quantitative estimate of drug-likeness (QED) is 0.644. The monoisotopic (exact) mass is 448 g/mol. The number of nitrogens with one attached hydrogen (secondary N) is 1. The number of benzene rings is 1. The summed E-state index contributed by atoms with van der Waals surface area (Å²) in [5, 5.41) is 7.07. The van der Waals surface area contributed by atoms with Crippen molar-refractivity contribution in [2.45, 2.75) is 64.2 Å². The summed E-state index contributed by atoms with van der Waals surface area (Å²) in [6, 6.07) is 12.3. The van der Waals surface area contributed by atoms with Crippen molar-refractivity contribution in [3.63, 3.8) is 0 Å². The molecule has 0 spiro atoms. The molecule has 0 radical (unpaired) electrons. The highest BCUT2D eigenvalue weighted by Gasteiger charge is 2.42. The Bertz CT molecular complexity index is 1120.